The van der Waals surface area contributed by atoms with Crippen LogP contribution >= 0.6 is 11.3 Å². The zero-order valence-corrected chi connectivity index (χ0v) is 12.2. The van der Waals surface area contributed by atoms with E-state index < -0.39 is 0 Å². The quantitative estimate of drug-likeness (QED) is 0.376. The first-order valence-corrected chi connectivity index (χ1v) is 7.44. The molecule has 1 aliphatic carbocycles. The van der Waals surface area contributed by atoms with E-state index in [0.29, 0.717) is 10.6 Å². The van der Waals surface area contributed by atoms with Gasteiger partial charge in [0, 0.05) is 6.04 Å². The summed E-state index contributed by atoms with van der Waals surface area (Å²) in [6.07, 6.45) is 4.12. The zero-order chi connectivity index (χ0) is 14.5. The molecule has 1 heterocycles. The fraction of sp³-hybridized carbons (Fsp3) is 0.538. The van der Waals surface area contributed by atoms with Crippen LogP contribution in [0.4, 0.5) is 0 Å². The van der Waals surface area contributed by atoms with Crippen molar-refractivity contribution in [2.24, 2.45) is 10.9 Å². The second kappa shape index (κ2) is 6.60. The van der Waals surface area contributed by atoms with Crippen molar-refractivity contribution in [3.05, 3.63) is 16.3 Å². The van der Waals surface area contributed by atoms with Crippen molar-refractivity contribution >= 4 is 23.1 Å². The molecule has 20 heavy (non-hydrogen) atoms. The first-order chi connectivity index (χ1) is 9.67. The van der Waals surface area contributed by atoms with E-state index in [1.807, 2.05) is 5.38 Å². The predicted molar refractivity (Wildman–Crippen MR) is 77.6 cm³/mol. The minimum atomic E-state index is -0.115. The molecule has 1 aliphatic rings. The number of nitrogens with zero attached hydrogens (tertiary/aromatic N) is 2. The number of amidine groups is 1. The molecule has 0 unspecified atom stereocenters. The Balaban J connectivity index is 2.23. The van der Waals surface area contributed by atoms with Gasteiger partial charge in [0.15, 0.2) is 5.84 Å². The Kier molecular flexibility index (Phi) is 4.84. The van der Waals surface area contributed by atoms with Crippen molar-refractivity contribution in [1.82, 2.24) is 4.90 Å². The standard InChI is InChI=1S/C13H19N3O3S/c1-19-10-6-7-20-12(10)13(17)16(8-11(14)15-18)9-4-2-3-5-9/h6-7,9,18H,2-5,8H2,1H3,(H2,14,15). The highest BCUT2D eigenvalue weighted by molar-refractivity contribution is 7.12. The Morgan fingerprint density at radius 1 is 1.60 bits per heavy atom. The van der Waals surface area contributed by atoms with Crippen molar-refractivity contribution in [2.45, 2.75) is 31.7 Å². The zero-order valence-electron chi connectivity index (χ0n) is 11.4. The molecule has 0 saturated heterocycles. The Bertz CT molecular complexity index is 495. The average molecular weight is 297 g/mol. The lowest BCUT2D eigenvalue weighted by atomic mass is 10.2. The molecule has 1 fully saturated rings. The number of amides is 1. The average Bonchev–Trinajstić information content (AvgIpc) is 3.13. The highest BCUT2D eigenvalue weighted by Crippen LogP contribution is 2.30. The van der Waals surface area contributed by atoms with E-state index in [2.05, 4.69) is 5.16 Å². The van der Waals surface area contributed by atoms with E-state index in [-0.39, 0.29) is 24.3 Å². The number of methoxy groups -OCH3 is 1. The van der Waals surface area contributed by atoms with Crippen LogP contribution in [0.3, 0.4) is 0 Å². The minimum Gasteiger partial charge on any atom is -0.495 e. The number of rotatable bonds is 5. The molecular weight excluding hydrogens is 278 g/mol. The summed E-state index contributed by atoms with van der Waals surface area (Å²) in [5.74, 6) is 0.499. The molecule has 0 spiro atoms. The van der Waals surface area contributed by atoms with Crippen LogP contribution in [-0.4, -0.2) is 41.5 Å². The van der Waals surface area contributed by atoms with E-state index in [9.17, 15) is 4.79 Å². The van der Waals surface area contributed by atoms with Gasteiger partial charge in [0.2, 0.25) is 0 Å². The lowest BCUT2D eigenvalue weighted by Crippen LogP contribution is -2.44. The summed E-state index contributed by atoms with van der Waals surface area (Å²) in [6, 6.07) is 1.92. The first kappa shape index (κ1) is 14.6. The third-order valence-electron chi connectivity index (χ3n) is 3.53. The van der Waals surface area contributed by atoms with Gasteiger partial charge >= 0.3 is 0 Å². The molecule has 0 bridgehead atoms. The van der Waals surface area contributed by atoms with Crippen LogP contribution in [0.15, 0.2) is 16.6 Å². The molecule has 2 rings (SSSR count). The monoisotopic (exact) mass is 297 g/mol. The van der Waals surface area contributed by atoms with Crippen LogP contribution in [0.2, 0.25) is 0 Å². The maximum atomic E-state index is 12.7. The van der Waals surface area contributed by atoms with Crippen LogP contribution < -0.4 is 10.5 Å². The Morgan fingerprint density at radius 2 is 2.30 bits per heavy atom. The fourth-order valence-electron chi connectivity index (χ4n) is 2.53. The van der Waals surface area contributed by atoms with Crippen molar-refractivity contribution in [3.8, 4) is 5.75 Å². The van der Waals surface area contributed by atoms with Crippen LogP contribution in [-0.2, 0) is 0 Å². The van der Waals surface area contributed by atoms with E-state index in [4.69, 9.17) is 15.7 Å². The van der Waals surface area contributed by atoms with Crippen molar-refractivity contribution in [1.29, 1.82) is 0 Å². The van der Waals surface area contributed by atoms with Gasteiger partial charge in [-0.05, 0) is 24.3 Å². The van der Waals surface area contributed by atoms with Gasteiger partial charge < -0.3 is 20.6 Å². The van der Waals surface area contributed by atoms with Gasteiger partial charge in [0.25, 0.3) is 5.91 Å². The van der Waals surface area contributed by atoms with Crippen LogP contribution in [0.1, 0.15) is 35.4 Å². The number of hydrogen-bond acceptors (Lipinski definition) is 5. The summed E-state index contributed by atoms with van der Waals surface area (Å²) < 4.78 is 5.20. The number of thiophene rings is 1. The third kappa shape index (κ3) is 3.04. The molecule has 1 saturated carbocycles. The van der Waals surface area contributed by atoms with Crippen LogP contribution in [0, 0.1) is 0 Å². The maximum Gasteiger partial charge on any atom is 0.268 e. The van der Waals surface area contributed by atoms with Crippen molar-refractivity contribution in [3.63, 3.8) is 0 Å². The van der Waals surface area contributed by atoms with E-state index in [0.717, 1.165) is 25.7 Å². The summed E-state index contributed by atoms with van der Waals surface area (Å²) in [7, 11) is 1.54. The molecular formula is C13H19N3O3S. The Hall–Kier alpha value is -1.76. The molecule has 1 aromatic heterocycles. The lowest BCUT2D eigenvalue weighted by Gasteiger charge is -2.28. The largest absolute Gasteiger partial charge is 0.495 e. The lowest BCUT2D eigenvalue weighted by molar-refractivity contribution is 0.0714. The molecule has 0 atom stereocenters. The maximum absolute atomic E-state index is 12.7. The van der Waals surface area contributed by atoms with Crippen LogP contribution in [0.5, 0.6) is 5.75 Å². The smallest absolute Gasteiger partial charge is 0.268 e. The molecule has 1 aromatic rings. The van der Waals surface area contributed by atoms with E-state index in [1.54, 1.807) is 18.1 Å². The number of ether oxygens (including phenoxy) is 1. The molecule has 0 aromatic carbocycles. The topological polar surface area (TPSA) is 88.2 Å². The van der Waals surface area contributed by atoms with Gasteiger partial charge in [-0.1, -0.05) is 18.0 Å². The Morgan fingerprint density at radius 3 is 2.90 bits per heavy atom. The Labute approximate surface area is 121 Å². The molecule has 7 heteroatoms. The van der Waals surface area contributed by atoms with Gasteiger partial charge in [-0.3, -0.25) is 4.79 Å². The molecule has 0 radical (unpaired) electrons. The van der Waals surface area contributed by atoms with E-state index >= 15 is 0 Å². The van der Waals surface area contributed by atoms with Crippen molar-refractivity contribution in [2.75, 3.05) is 13.7 Å². The number of carbonyl (C=O) groups is 1. The number of hydrogen-bond donors (Lipinski definition) is 2. The molecule has 0 aliphatic heterocycles. The molecule has 3 N–H and O–H groups in total. The van der Waals surface area contributed by atoms with Gasteiger partial charge in [-0.2, -0.15) is 0 Å². The summed E-state index contributed by atoms with van der Waals surface area (Å²) >= 11 is 1.34. The van der Waals surface area contributed by atoms with Gasteiger partial charge in [0.05, 0.1) is 13.7 Å². The predicted octanol–water partition coefficient (Wildman–Crippen LogP) is 1.89. The fourth-order valence-corrected chi connectivity index (χ4v) is 3.35. The normalized spacial score (nSPS) is 16.4. The molecule has 6 nitrogen and oxygen atoms in total. The number of nitrogens with two attached hydrogens (primary N) is 1. The minimum absolute atomic E-state index is 0.0424. The highest BCUT2D eigenvalue weighted by Gasteiger charge is 2.30. The summed E-state index contributed by atoms with van der Waals surface area (Å²) in [6.45, 7) is 0.140. The first-order valence-electron chi connectivity index (χ1n) is 6.56. The summed E-state index contributed by atoms with van der Waals surface area (Å²) in [5.41, 5.74) is 5.58. The second-order valence-corrected chi connectivity index (χ2v) is 5.70. The summed E-state index contributed by atoms with van der Waals surface area (Å²) in [4.78, 5) is 14.9. The molecule has 1 amide bonds. The third-order valence-corrected chi connectivity index (χ3v) is 4.41. The number of carbonyl (C=O) groups excluding carboxylic acids is 1. The van der Waals surface area contributed by atoms with Gasteiger partial charge in [0.1, 0.15) is 10.6 Å². The van der Waals surface area contributed by atoms with Gasteiger partial charge in [-0.15, -0.1) is 11.3 Å². The molecule has 110 valence electrons. The van der Waals surface area contributed by atoms with Crippen LogP contribution in [0.25, 0.3) is 0 Å². The SMILES string of the molecule is COc1ccsc1C(=O)N(C/C(N)=N/O)C1CCCC1. The van der Waals surface area contributed by atoms with Gasteiger partial charge in [-0.25, -0.2) is 0 Å². The van der Waals surface area contributed by atoms with E-state index in [1.165, 1.54) is 11.3 Å². The number of oxime groups is 1. The summed E-state index contributed by atoms with van der Waals surface area (Å²) in [5, 5.41) is 13.5. The second-order valence-electron chi connectivity index (χ2n) is 4.78. The van der Waals surface area contributed by atoms with Crippen molar-refractivity contribution < 1.29 is 14.7 Å². The highest BCUT2D eigenvalue weighted by atomic mass is 32.1.